The molecule has 0 saturated heterocycles. The van der Waals surface area contributed by atoms with E-state index in [1.165, 1.54) is 12.7 Å². The first-order valence-corrected chi connectivity index (χ1v) is 11.4. The molecule has 35 heavy (non-hydrogen) atoms. The van der Waals surface area contributed by atoms with Gasteiger partial charge in [0.2, 0.25) is 17.6 Å². The Hall–Kier alpha value is -3.88. The van der Waals surface area contributed by atoms with Gasteiger partial charge in [0.1, 0.15) is 11.4 Å². The normalized spacial score (nSPS) is 11.3. The van der Waals surface area contributed by atoms with E-state index in [1.54, 1.807) is 39.0 Å². The van der Waals surface area contributed by atoms with Crippen LogP contribution in [-0.4, -0.2) is 34.9 Å². The monoisotopic (exact) mass is 480 g/mol. The van der Waals surface area contributed by atoms with E-state index in [0.717, 1.165) is 5.56 Å². The molecule has 0 bridgehead atoms. The fourth-order valence-electron chi connectivity index (χ4n) is 3.23. The molecule has 186 valence electrons. The first-order chi connectivity index (χ1) is 16.5. The number of hydrogen-bond donors (Lipinski definition) is 2. The number of anilines is 2. The summed E-state index contributed by atoms with van der Waals surface area (Å²) in [5.41, 5.74) is 2.33. The molecule has 0 spiro atoms. The highest BCUT2D eigenvalue weighted by Gasteiger charge is 2.18. The minimum Gasteiger partial charge on any atom is -0.495 e. The molecule has 9 nitrogen and oxygen atoms in total. The number of carbonyl (C=O) groups excluding carboxylic acids is 2. The molecule has 3 aromatic rings. The number of nitrogens with one attached hydrogen (secondary N) is 2. The summed E-state index contributed by atoms with van der Waals surface area (Å²) in [4.78, 5) is 29.0. The number of rotatable bonds is 8. The highest BCUT2D eigenvalue weighted by molar-refractivity contribution is 5.93. The lowest BCUT2D eigenvalue weighted by molar-refractivity contribution is -0.116. The van der Waals surface area contributed by atoms with Crippen molar-refractivity contribution >= 4 is 23.4 Å². The SMILES string of the molecule is COc1ccc(NC(=O)CCc2nc(-c3ccc(C(C)C)cc3)no2)cc1NC(=O)OC(C)(C)C. The van der Waals surface area contributed by atoms with Crippen molar-refractivity contribution in [2.45, 2.75) is 59.0 Å². The van der Waals surface area contributed by atoms with E-state index in [1.807, 2.05) is 24.3 Å². The molecule has 0 fully saturated rings. The van der Waals surface area contributed by atoms with Crippen molar-refractivity contribution in [1.29, 1.82) is 0 Å². The molecule has 0 unspecified atom stereocenters. The fraction of sp³-hybridized carbons (Fsp3) is 0.385. The van der Waals surface area contributed by atoms with Gasteiger partial charge in [-0.3, -0.25) is 10.1 Å². The van der Waals surface area contributed by atoms with Crippen LogP contribution in [0.3, 0.4) is 0 Å². The van der Waals surface area contributed by atoms with E-state index in [2.05, 4.69) is 34.6 Å². The zero-order chi connectivity index (χ0) is 25.6. The molecule has 2 N–H and O–H groups in total. The Morgan fingerprint density at radius 3 is 2.40 bits per heavy atom. The summed E-state index contributed by atoms with van der Waals surface area (Å²) < 4.78 is 15.9. The minimum absolute atomic E-state index is 0.148. The van der Waals surface area contributed by atoms with Gasteiger partial charge in [-0.1, -0.05) is 43.3 Å². The molecule has 0 aliphatic heterocycles. The van der Waals surface area contributed by atoms with Gasteiger partial charge in [-0.25, -0.2) is 4.79 Å². The van der Waals surface area contributed by atoms with E-state index in [9.17, 15) is 9.59 Å². The van der Waals surface area contributed by atoms with Gasteiger partial charge in [0.25, 0.3) is 0 Å². The van der Waals surface area contributed by atoms with E-state index < -0.39 is 11.7 Å². The Morgan fingerprint density at radius 1 is 1.06 bits per heavy atom. The van der Waals surface area contributed by atoms with Crippen molar-refractivity contribution in [3.8, 4) is 17.1 Å². The van der Waals surface area contributed by atoms with Crippen LogP contribution in [0.4, 0.5) is 16.2 Å². The first-order valence-electron chi connectivity index (χ1n) is 11.4. The van der Waals surface area contributed by atoms with Gasteiger partial charge < -0.3 is 19.3 Å². The Balaban J connectivity index is 1.58. The molecular formula is C26H32N4O5. The Labute approximate surface area is 205 Å². The van der Waals surface area contributed by atoms with Gasteiger partial charge >= 0.3 is 6.09 Å². The predicted molar refractivity (Wildman–Crippen MR) is 134 cm³/mol. The number of amides is 2. The van der Waals surface area contributed by atoms with Crippen LogP contribution < -0.4 is 15.4 Å². The number of carbonyl (C=O) groups is 2. The van der Waals surface area contributed by atoms with Gasteiger partial charge in [0, 0.05) is 24.1 Å². The van der Waals surface area contributed by atoms with Crippen LogP contribution in [0.1, 0.15) is 58.4 Å². The zero-order valence-corrected chi connectivity index (χ0v) is 21.0. The average Bonchev–Trinajstić information content (AvgIpc) is 3.26. The third kappa shape index (κ3) is 7.56. The molecule has 2 amide bonds. The number of hydrogen-bond acceptors (Lipinski definition) is 7. The first kappa shape index (κ1) is 25.7. The standard InChI is InChI=1S/C26H32N4O5/c1-16(2)17-7-9-18(10-8-17)24-29-23(35-30-24)14-13-22(31)27-19-11-12-21(33-6)20(15-19)28-25(32)34-26(3,4)5/h7-12,15-16H,13-14H2,1-6H3,(H,27,31)(H,28,32). The molecule has 3 rings (SSSR count). The summed E-state index contributed by atoms with van der Waals surface area (Å²) in [5, 5.41) is 9.47. The lowest BCUT2D eigenvalue weighted by Crippen LogP contribution is -2.27. The van der Waals surface area contributed by atoms with Crippen LogP contribution in [0.5, 0.6) is 5.75 Å². The van der Waals surface area contributed by atoms with Crippen molar-refractivity contribution in [3.05, 3.63) is 53.9 Å². The number of benzene rings is 2. The lowest BCUT2D eigenvalue weighted by Gasteiger charge is -2.20. The molecule has 0 aliphatic rings. The van der Waals surface area contributed by atoms with Gasteiger partial charge in [-0.2, -0.15) is 4.98 Å². The van der Waals surface area contributed by atoms with Crippen LogP contribution in [0, 0.1) is 0 Å². The second-order valence-corrected chi connectivity index (χ2v) is 9.38. The van der Waals surface area contributed by atoms with Crippen LogP contribution >= 0.6 is 0 Å². The van der Waals surface area contributed by atoms with Crippen LogP contribution in [0.15, 0.2) is 47.0 Å². The second kappa shape index (κ2) is 11.0. The van der Waals surface area contributed by atoms with E-state index >= 15 is 0 Å². The smallest absolute Gasteiger partial charge is 0.412 e. The summed E-state index contributed by atoms with van der Waals surface area (Å²) in [6.07, 6.45) is -0.179. The summed E-state index contributed by atoms with van der Waals surface area (Å²) in [5.74, 6) is 1.51. The van der Waals surface area contributed by atoms with Crippen LogP contribution in [0.25, 0.3) is 11.4 Å². The van der Waals surface area contributed by atoms with Crippen molar-refractivity contribution in [3.63, 3.8) is 0 Å². The topological polar surface area (TPSA) is 116 Å². The third-order valence-electron chi connectivity index (χ3n) is 4.99. The molecule has 2 aromatic carbocycles. The van der Waals surface area contributed by atoms with Crippen molar-refractivity contribution in [2.75, 3.05) is 17.7 Å². The largest absolute Gasteiger partial charge is 0.495 e. The van der Waals surface area contributed by atoms with Crippen molar-refractivity contribution in [2.24, 2.45) is 0 Å². The molecule has 9 heteroatoms. The van der Waals surface area contributed by atoms with Crippen molar-refractivity contribution in [1.82, 2.24) is 10.1 Å². The molecule has 1 aromatic heterocycles. The molecule has 0 radical (unpaired) electrons. The average molecular weight is 481 g/mol. The molecule has 0 aliphatic carbocycles. The van der Waals surface area contributed by atoms with E-state index in [-0.39, 0.29) is 12.3 Å². The number of aryl methyl sites for hydroxylation is 1. The van der Waals surface area contributed by atoms with Crippen molar-refractivity contribution < 1.29 is 23.6 Å². The van der Waals surface area contributed by atoms with E-state index in [4.69, 9.17) is 14.0 Å². The number of aromatic nitrogens is 2. The third-order valence-corrected chi connectivity index (χ3v) is 4.99. The highest BCUT2D eigenvalue weighted by Crippen LogP contribution is 2.28. The van der Waals surface area contributed by atoms with Gasteiger partial charge in [0.15, 0.2) is 0 Å². The fourth-order valence-corrected chi connectivity index (χ4v) is 3.23. The molecular weight excluding hydrogens is 448 g/mol. The summed E-state index contributed by atoms with van der Waals surface area (Å²) >= 11 is 0. The predicted octanol–water partition coefficient (Wildman–Crippen LogP) is 5.79. The summed E-state index contributed by atoms with van der Waals surface area (Å²) in [6, 6.07) is 13.0. The molecule has 1 heterocycles. The quantitative estimate of drug-likeness (QED) is 0.419. The van der Waals surface area contributed by atoms with Crippen LogP contribution in [-0.2, 0) is 16.0 Å². The zero-order valence-electron chi connectivity index (χ0n) is 21.0. The Kier molecular flexibility index (Phi) is 8.11. The van der Waals surface area contributed by atoms with Gasteiger partial charge in [0.05, 0.1) is 12.8 Å². The van der Waals surface area contributed by atoms with Gasteiger partial charge in [-0.05, 0) is 50.5 Å². The maximum atomic E-state index is 12.5. The summed E-state index contributed by atoms with van der Waals surface area (Å²) in [7, 11) is 1.49. The number of nitrogens with zero attached hydrogens (tertiary/aromatic N) is 2. The van der Waals surface area contributed by atoms with E-state index in [0.29, 0.717) is 41.2 Å². The lowest BCUT2D eigenvalue weighted by atomic mass is 10.0. The maximum absolute atomic E-state index is 12.5. The molecule has 0 saturated carbocycles. The van der Waals surface area contributed by atoms with Crippen LogP contribution in [0.2, 0.25) is 0 Å². The number of methoxy groups -OCH3 is 1. The van der Waals surface area contributed by atoms with Gasteiger partial charge in [-0.15, -0.1) is 0 Å². The molecule has 0 atom stereocenters. The minimum atomic E-state index is -0.644. The summed E-state index contributed by atoms with van der Waals surface area (Å²) in [6.45, 7) is 9.59. The highest BCUT2D eigenvalue weighted by atomic mass is 16.6. The number of ether oxygens (including phenoxy) is 2. The Morgan fingerprint density at radius 2 is 1.77 bits per heavy atom. The second-order valence-electron chi connectivity index (χ2n) is 9.38. The maximum Gasteiger partial charge on any atom is 0.412 e. The Bertz CT molecular complexity index is 1160.